The number of halogens is 1. The molecule has 1 aromatic heterocycles. The van der Waals surface area contributed by atoms with E-state index >= 15 is 0 Å². The lowest BCUT2D eigenvalue weighted by Gasteiger charge is -1.98. The Morgan fingerprint density at radius 2 is 2.50 bits per heavy atom. The van der Waals surface area contributed by atoms with Crippen LogP contribution in [0.2, 0.25) is 0 Å². The molecule has 0 N–H and O–H groups in total. The van der Waals surface area contributed by atoms with E-state index in [4.69, 9.17) is 11.6 Å². The second-order valence-electron chi connectivity index (χ2n) is 1.69. The molecule has 0 aromatic carbocycles. The molecule has 1 heterocycles. The Morgan fingerprint density at radius 1 is 1.70 bits per heavy atom. The molecule has 0 unspecified atom stereocenters. The molecular formula is C6H7ClN2S. The lowest BCUT2D eigenvalue weighted by molar-refractivity contribution is 0.995. The summed E-state index contributed by atoms with van der Waals surface area (Å²) in [5.74, 6) is 0.483. The molecule has 0 amide bonds. The Labute approximate surface area is 69.0 Å². The van der Waals surface area contributed by atoms with Gasteiger partial charge in [-0.2, -0.15) is 0 Å². The summed E-state index contributed by atoms with van der Waals surface area (Å²) in [6.45, 7) is 0. The quantitative estimate of drug-likeness (QED) is 0.389. The van der Waals surface area contributed by atoms with Crippen LogP contribution >= 0.6 is 23.4 Å². The highest BCUT2D eigenvalue weighted by Gasteiger charge is 1.98. The molecule has 0 radical (unpaired) electrons. The van der Waals surface area contributed by atoms with Crippen molar-refractivity contribution in [3.05, 3.63) is 18.1 Å². The number of nitrogens with zero attached hydrogens (tertiary/aromatic N) is 2. The molecule has 0 aliphatic carbocycles. The molecule has 0 bridgehead atoms. The van der Waals surface area contributed by atoms with Gasteiger partial charge in [-0.3, -0.25) is 0 Å². The van der Waals surface area contributed by atoms with Crippen molar-refractivity contribution in [1.29, 1.82) is 0 Å². The fourth-order valence-electron chi connectivity index (χ4n) is 0.623. The SMILES string of the molecule is CSc1ncncc1CCl. The van der Waals surface area contributed by atoms with Gasteiger partial charge in [-0.05, 0) is 6.26 Å². The van der Waals surface area contributed by atoms with Crippen molar-refractivity contribution in [3.8, 4) is 0 Å². The van der Waals surface area contributed by atoms with E-state index in [9.17, 15) is 0 Å². The first kappa shape index (κ1) is 7.82. The number of thioether (sulfide) groups is 1. The minimum Gasteiger partial charge on any atom is -0.244 e. The summed E-state index contributed by atoms with van der Waals surface area (Å²) in [5, 5.41) is 0.963. The maximum absolute atomic E-state index is 5.62. The molecule has 54 valence electrons. The second kappa shape index (κ2) is 3.78. The van der Waals surface area contributed by atoms with Crippen LogP contribution < -0.4 is 0 Å². The Morgan fingerprint density at radius 3 is 3.00 bits per heavy atom. The topological polar surface area (TPSA) is 25.8 Å². The van der Waals surface area contributed by atoms with Crippen LogP contribution in [-0.4, -0.2) is 16.2 Å². The molecule has 4 heteroatoms. The third-order valence-electron chi connectivity index (χ3n) is 1.08. The van der Waals surface area contributed by atoms with Crippen LogP contribution in [0.25, 0.3) is 0 Å². The van der Waals surface area contributed by atoms with Crippen molar-refractivity contribution in [2.45, 2.75) is 10.9 Å². The molecule has 0 atom stereocenters. The molecule has 10 heavy (non-hydrogen) atoms. The van der Waals surface area contributed by atoms with Gasteiger partial charge in [0.15, 0.2) is 0 Å². The predicted octanol–water partition coefficient (Wildman–Crippen LogP) is 1.94. The van der Waals surface area contributed by atoms with Crippen LogP contribution in [0.3, 0.4) is 0 Å². The third kappa shape index (κ3) is 1.61. The van der Waals surface area contributed by atoms with Gasteiger partial charge in [0, 0.05) is 11.8 Å². The molecule has 2 nitrogen and oxygen atoms in total. The highest BCUT2D eigenvalue weighted by molar-refractivity contribution is 7.98. The first-order valence-electron chi connectivity index (χ1n) is 2.77. The van der Waals surface area contributed by atoms with Crippen LogP contribution in [0.15, 0.2) is 17.6 Å². The molecule has 0 spiro atoms. The van der Waals surface area contributed by atoms with Crippen LogP contribution in [0.5, 0.6) is 0 Å². The normalized spacial score (nSPS) is 9.80. The van der Waals surface area contributed by atoms with Gasteiger partial charge in [-0.1, -0.05) is 0 Å². The lowest BCUT2D eigenvalue weighted by atomic mass is 10.4. The molecule has 1 aromatic rings. The summed E-state index contributed by atoms with van der Waals surface area (Å²) in [6.07, 6.45) is 5.24. The first-order valence-corrected chi connectivity index (χ1v) is 4.53. The summed E-state index contributed by atoms with van der Waals surface area (Å²) < 4.78 is 0. The predicted molar refractivity (Wildman–Crippen MR) is 43.4 cm³/mol. The minimum absolute atomic E-state index is 0.483. The zero-order valence-corrected chi connectivity index (χ0v) is 7.11. The van der Waals surface area contributed by atoms with Gasteiger partial charge in [-0.15, -0.1) is 23.4 Å². The number of hydrogen-bond donors (Lipinski definition) is 0. The maximum atomic E-state index is 5.62. The molecule has 1 rings (SSSR count). The van der Waals surface area contributed by atoms with E-state index in [0.717, 1.165) is 10.6 Å². The molecule has 0 saturated heterocycles. The van der Waals surface area contributed by atoms with Crippen LogP contribution in [0.4, 0.5) is 0 Å². The van der Waals surface area contributed by atoms with E-state index in [2.05, 4.69) is 9.97 Å². The Balaban J connectivity index is 2.96. The molecule has 0 saturated carbocycles. The number of rotatable bonds is 2. The first-order chi connectivity index (χ1) is 4.88. The van der Waals surface area contributed by atoms with Gasteiger partial charge in [0.1, 0.15) is 11.4 Å². The van der Waals surface area contributed by atoms with Gasteiger partial charge in [0.05, 0.1) is 5.88 Å². The highest BCUT2D eigenvalue weighted by atomic mass is 35.5. The van der Waals surface area contributed by atoms with E-state index in [-0.39, 0.29) is 0 Å². The van der Waals surface area contributed by atoms with Crippen LogP contribution in [-0.2, 0) is 5.88 Å². The van der Waals surface area contributed by atoms with Crippen molar-refractivity contribution < 1.29 is 0 Å². The standard InChI is InChI=1S/C6H7ClN2S/c1-10-6-5(2-7)3-8-4-9-6/h3-4H,2H2,1H3. The minimum atomic E-state index is 0.483. The summed E-state index contributed by atoms with van der Waals surface area (Å²) in [4.78, 5) is 7.89. The number of alkyl halides is 1. The third-order valence-corrected chi connectivity index (χ3v) is 2.13. The molecular weight excluding hydrogens is 168 g/mol. The zero-order valence-electron chi connectivity index (χ0n) is 5.54. The fourth-order valence-corrected chi connectivity index (χ4v) is 1.44. The van der Waals surface area contributed by atoms with E-state index in [1.165, 1.54) is 6.33 Å². The van der Waals surface area contributed by atoms with Crippen molar-refractivity contribution in [2.24, 2.45) is 0 Å². The van der Waals surface area contributed by atoms with E-state index in [0.29, 0.717) is 5.88 Å². The van der Waals surface area contributed by atoms with Crippen molar-refractivity contribution >= 4 is 23.4 Å². The van der Waals surface area contributed by atoms with Gasteiger partial charge in [-0.25, -0.2) is 9.97 Å². The summed E-state index contributed by atoms with van der Waals surface area (Å²) >= 11 is 7.20. The van der Waals surface area contributed by atoms with Crippen LogP contribution in [0, 0.1) is 0 Å². The molecule has 0 aliphatic rings. The summed E-state index contributed by atoms with van der Waals surface area (Å²) in [7, 11) is 0. The Bertz CT molecular complexity index is 194. The highest BCUT2D eigenvalue weighted by Crippen LogP contribution is 2.16. The van der Waals surface area contributed by atoms with Gasteiger partial charge in [0.2, 0.25) is 0 Å². The fraction of sp³-hybridized carbons (Fsp3) is 0.333. The van der Waals surface area contributed by atoms with Crippen molar-refractivity contribution in [2.75, 3.05) is 6.26 Å². The maximum Gasteiger partial charge on any atom is 0.116 e. The summed E-state index contributed by atoms with van der Waals surface area (Å²) in [5.41, 5.74) is 0.997. The Kier molecular flexibility index (Phi) is 2.96. The van der Waals surface area contributed by atoms with Gasteiger partial charge < -0.3 is 0 Å². The molecule has 0 aliphatic heterocycles. The van der Waals surface area contributed by atoms with Gasteiger partial charge in [0.25, 0.3) is 0 Å². The van der Waals surface area contributed by atoms with E-state index in [1.807, 2.05) is 6.26 Å². The average Bonchev–Trinajstić information content (AvgIpc) is 2.04. The summed E-state index contributed by atoms with van der Waals surface area (Å²) in [6, 6.07) is 0. The lowest BCUT2D eigenvalue weighted by Crippen LogP contribution is -1.88. The zero-order chi connectivity index (χ0) is 7.40. The number of hydrogen-bond acceptors (Lipinski definition) is 3. The van der Waals surface area contributed by atoms with Crippen LogP contribution in [0.1, 0.15) is 5.56 Å². The van der Waals surface area contributed by atoms with Gasteiger partial charge >= 0.3 is 0 Å². The second-order valence-corrected chi connectivity index (χ2v) is 2.75. The van der Waals surface area contributed by atoms with E-state index < -0.39 is 0 Å². The molecule has 0 fully saturated rings. The average molecular weight is 175 g/mol. The van der Waals surface area contributed by atoms with Crippen molar-refractivity contribution in [1.82, 2.24) is 9.97 Å². The van der Waals surface area contributed by atoms with Crippen molar-refractivity contribution in [3.63, 3.8) is 0 Å². The largest absolute Gasteiger partial charge is 0.244 e. The Hall–Kier alpha value is -0.280. The smallest absolute Gasteiger partial charge is 0.116 e. The monoisotopic (exact) mass is 174 g/mol. The number of aromatic nitrogens is 2. The van der Waals surface area contributed by atoms with E-state index in [1.54, 1.807) is 18.0 Å².